The molecule has 0 radical (unpaired) electrons. The summed E-state index contributed by atoms with van der Waals surface area (Å²) < 4.78 is 7.90. The van der Waals surface area contributed by atoms with Crippen LogP contribution in [-0.2, 0) is 17.4 Å². The Bertz CT molecular complexity index is 1700. The highest BCUT2D eigenvalue weighted by molar-refractivity contribution is 6.30. The zero-order chi connectivity index (χ0) is 28.6. The normalized spacial score (nSPS) is 14.9. The molecule has 1 aliphatic rings. The summed E-state index contributed by atoms with van der Waals surface area (Å²) in [5, 5.41) is 14.0. The van der Waals surface area contributed by atoms with Crippen molar-refractivity contribution in [1.82, 2.24) is 19.4 Å². The number of fused-ring (bicyclic) bond motifs is 1. The summed E-state index contributed by atoms with van der Waals surface area (Å²) in [5.41, 5.74) is 2.48. The molecule has 1 amide bonds. The van der Waals surface area contributed by atoms with E-state index in [9.17, 15) is 9.90 Å². The number of rotatable bonds is 8. The monoisotopic (exact) mass is 586 g/mol. The number of carbonyl (C=O) groups is 1. The number of ether oxygens (including phenoxy) is 1. The van der Waals surface area contributed by atoms with Crippen LogP contribution in [0.4, 0.5) is 0 Å². The number of hydrogen-bond acceptors (Lipinski definition) is 5. The van der Waals surface area contributed by atoms with Gasteiger partial charge in [0, 0.05) is 36.0 Å². The molecule has 1 N–H and O–H groups in total. The highest BCUT2D eigenvalue weighted by Gasteiger charge is 2.39. The summed E-state index contributed by atoms with van der Waals surface area (Å²) in [6.45, 7) is 1.63. The first-order valence-electron chi connectivity index (χ1n) is 13.4. The van der Waals surface area contributed by atoms with Gasteiger partial charge in [-0.1, -0.05) is 71.7 Å². The number of halogens is 2. The second-order valence-corrected chi connectivity index (χ2v) is 11.0. The van der Waals surface area contributed by atoms with Gasteiger partial charge in [0.05, 0.1) is 24.1 Å². The van der Waals surface area contributed by atoms with Crippen LogP contribution in [0.15, 0.2) is 85.2 Å². The third-order valence-corrected chi connectivity index (χ3v) is 8.08. The van der Waals surface area contributed by atoms with Crippen LogP contribution < -0.4 is 4.74 Å². The quantitative estimate of drug-likeness (QED) is 0.233. The Morgan fingerprint density at radius 2 is 1.76 bits per heavy atom. The Morgan fingerprint density at radius 3 is 2.44 bits per heavy atom. The lowest BCUT2D eigenvalue weighted by molar-refractivity contribution is -0.128. The average Bonchev–Trinajstić information content (AvgIpc) is 3.56. The van der Waals surface area contributed by atoms with E-state index in [0.717, 1.165) is 29.5 Å². The molecule has 1 unspecified atom stereocenters. The number of aliphatic hydroxyl groups is 1. The molecule has 0 saturated carbocycles. The van der Waals surface area contributed by atoms with Crippen molar-refractivity contribution in [2.75, 3.05) is 19.7 Å². The number of likely N-dealkylation sites (tertiary alicyclic amines) is 1. The van der Waals surface area contributed by atoms with Gasteiger partial charge < -0.3 is 19.3 Å². The molecule has 1 saturated heterocycles. The molecule has 41 heavy (non-hydrogen) atoms. The first-order valence-corrected chi connectivity index (χ1v) is 14.2. The number of nitrogens with zero attached hydrogens (tertiary/aromatic N) is 4. The molecule has 0 spiro atoms. The number of benzene rings is 3. The second-order valence-electron chi connectivity index (χ2n) is 10.2. The smallest absolute Gasteiger partial charge is 0.222 e. The summed E-state index contributed by atoms with van der Waals surface area (Å²) in [4.78, 5) is 23.0. The van der Waals surface area contributed by atoms with Gasteiger partial charge in [-0.3, -0.25) is 4.79 Å². The summed E-state index contributed by atoms with van der Waals surface area (Å²) in [6, 6.07) is 24.6. The van der Waals surface area contributed by atoms with Crippen molar-refractivity contribution < 1.29 is 14.6 Å². The number of hydrogen-bond donors (Lipinski definition) is 1. The predicted molar refractivity (Wildman–Crippen MR) is 160 cm³/mol. The van der Waals surface area contributed by atoms with Crippen molar-refractivity contribution in [2.45, 2.75) is 18.4 Å². The van der Waals surface area contributed by atoms with Gasteiger partial charge in [-0.15, -0.1) is 0 Å². The Labute approximate surface area is 247 Å². The molecule has 1 aliphatic heterocycles. The highest BCUT2D eigenvalue weighted by Crippen LogP contribution is 2.41. The molecule has 3 heterocycles. The van der Waals surface area contributed by atoms with Crippen LogP contribution in [0, 0.1) is 0 Å². The van der Waals surface area contributed by atoms with Gasteiger partial charge in [-0.2, -0.15) is 0 Å². The van der Waals surface area contributed by atoms with Gasteiger partial charge in [0.15, 0.2) is 10.8 Å². The second kappa shape index (κ2) is 11.2. The van der Waals surface area contributed by atoms with Crippen molar-refractivity contribution in [2.24, 2.45) is 7.05 Å². The minimum atomic E-state index is -1.62. The molecule has 1 fully saturated rings. The SMILES string of the molecule is Cn1cnc(Cl)c1C(O)(c1ccc(Cl)cc1)c1ccc2nc(OCCN3CCCC3=O)c(-c3ccccc3)cc2c1. The third kappa shape index (κ3) is 5.17. The fourth-order valence-corrected chi connectivity index (χ4v) is 5.89. The molecule has 2 aromatic heterocycles. The maximum Gasteiger partial charge on any atom is 0.222 e. The molecule has 7 nitrogen and oxygen atoms in total. The molecule has 6 rings (SSSR count). The molecule has 208 valence electrons. The van der Waals surface area contributed by atoms with Crippen molar-refractivity contribution >= 4 is 40.0 Å². The molecular weight excluding hydrogens is 559 g/mol. The Balaban J connectivity index is 1.45. The van der Waals surface area contributed by atoms with Crippen molar-refractivity contribution in [3.8, 4) is 17.0 Å². The van der Waals surface area contributed by atoms with E-state index in [2.05, 4.69) is 4.98 Å². The summed E-state index contributed by atoms with van der Waals surface area (Å²) in [7, 11) is 1.80. The zero-order valence-electron chi connectivity index (χ0n) is 22.4. The third-order valence-electron chi connectivity index (χ3n) is 7.55. The fraction of sp³-hybridized carbons (Fsp3) is 0.219. The Hall–Kier alpha value is -3.91. The van der Waals surface area contributed by atoms with E-state index >= 15 is 0 Å². The number of imidazole rings is 1. The molecule has 9 heteroatoms. The van der Waals surface area contributed by atoms with Crippen LogP contribution >= 0.6 is 23.2 Å². The largest absolute Gasteiger partial charge is 0.475 e. The van der Waals surface area contributed by atoms with E-state index in [-0.39, 0.29) is 11.1 Å². The topological polar surface area (TPSA) is 80.5 Å². The Morgan fingerprint density at radius 1 is 1.00 bits per heavy atom. The molecule has 0 aliphatic carbocycles. The number of amides is 1. The lowest BCUT2D eigenvalue weighted by atomic mass is 9.83. The van der Waals surface area contributed by atoms with E-state index in [0.29, 0.717) is 52.8 Å². The van der Waals surface area contributed by atoms with Crippen LogP contribution in [0.3, 0.4) is 0 Å². The van der Waals surface area contributed by atoms with Gasteiger partial charge in [-0.25, -0.2) is 9.97 Å². The van der Waals surface area contributed by atoms with Gasteiger partial charge >= 0.3 is 0 Å². The number of aryl methyl sites for hydroxylation is 1. The lowest BCUT2D eigenvalue weighted by Crippen LogP contribution is -2.31. The molecular formula is C32H28Cl2N4O3. The fourth-order valence-electron chi connectivity index (χ4n) is 5.45. The van der Waals surface area contributed by atoms with Crippen LogP contribution in [-0.4, -0.2) is 50.1 Å². The Kier molecular flexibility index (Phi) is 7.43. The van der Waals surface area contributed by atoms with E-state index < -0.39 is 5.60 Å². The van der Waals surface area contributed by atoms with Crippen LogP contribution in [0.5, 0.6) is 5.88 Å². The van der Waals surface area contributed by atoms with Crippen molar-refractivity contribution in [1.29, 1.82) is 0 Å². The summed E-state index contributed by atoms with van der Waals surface area (Å²) in [6.07, 6.45) is 3.06. The lowest BCUT2D eigenvalue weighted by Gasteiger charge is -2.30. The van der Waals surface area contributed by atoms with Gasteiger partial charge in [0.25, 0.3) is 0 Å². The minimum absolute atomic E-state index is 0.164. The number of pyridine rings is 1. The highest BCUT2D eigenvalue weighted by atomic mass is 35.5. The maximum atomic E-state index is 12.4. The molecule has 5 aromatic rings. The zero-order valence-corrected chi connectivity index (χ0v) is 23.9. The van der Waals surface area contributed by atoms with E-state index in [1.165, 1.54) is 0 Å². The summed E-state index contributed by atoms with van der Waals surface area (Å²) in [5.74, 6) is 0.656. The first kappa shape index (κ1) is 27.3. The maximum absolute atomic E-state index is 12.4. The molecule has 0 bridgehead atoms. The van der Waals surface area contributed by atoms with Gasteiger partial charge in [-0.05, 0) is 53.4 Å². The minimum Gasteiger partial charge on any atom is -0.475 e. The van der Waals surface area contributed by atoms with Crippen molar-refractivity contribution in [3.05, 3.63) is 112 Å². The van der Waals surface area contributed by atoms with Crippen molar-refractivity contribution in [3.63, 3.8) is 0 Å². The van der Waals surface area contributed by atoms with E-state index in [1.807, 2.05) is 59.5 Å². The van der Waals surface area contributed by atoms with Crippen LogP contribution in [0.2, 0.25) is 10.2 Å². The average molecular weight is 588 g/mol. The van der Waals surface area contributed by atoms with Gasteiger partial charge in [0.1, 0.15) is 6.61 Å². The van der Waals surface area contributed by atoms with Gasteiger partial charge in [0.2, 0.25) is 11.8 Å². The van der Waals surface area contributed by atoms with E-state index in [1.54, 1.807) is 42.2 Å². The summed E-state index contributed by atoms with van der Waals surface area (Å²) >= 11 is 12.7. The number of carbonyl (C=O) groups excluding carboxylic acids is 1. The standard InChI is InChI=1S/C32H28Cl2N4O3/c1-37-20-35-30(34)29(37)32(40,23-9-12-25(33)13-10-23)24-11-14-27-22(18-24)19-26(21-6-3-2-4-7-21)31(36-27)41-17-16-38-15-5-8-28(38)39/h2-4,6-7,9-14,18-20,40H,5,8,15-17H2,1H3. The number of aromatic nitrogens is 3. The molecule has 3 aromatic carbocycles. The van der Waals surface area contributed by atoms with E-state index in [4.69, 9.17) is 32.9 Å². The van der Waals surface area contributed by atoms with Crippen LogP contribution in [0.25, 0.3) is 22.0 Å². The van der Waals surface area contributed by atoms with Crippen LogP contribution in [0.1, 0.15) is 29.7 Å². The molecule has 1 atom stereocenters. The predicted octanol–water partition coefficient (Wildman–Crippen LogP) is 6.23. The first-order chi connectivity index (χ1) is 19.8.